The van der Waals surface area contributed by atoms with Gasteiger partial charge in [0.25, 0.3) is 0 Å². The molecule has 30 heavy (non-hydrogen) atoms. The van der Waals surface area contributed by atoms with Crippen molar-refractivity contribution in [1.29, 1.82) is 0 Å². The maximum Gasteiger partial charge on any atom is 0.0814 e. The van der Waals surface area contributed by atoms with Crippen molar-refractivity contribution in [3.8, 4) is 0 Å². The van der Waals surface area contributed by atoms with Crippen LogP contribution in [0.15, 0.2) is 18.2 Å². The van der Waals surface area contributed by atoms with Gasteiger partial charge in [-0.05, 0) is 11.6 Å². The molecule has 2 heteroatoms. The molecule has 0 fully saturated rings. The molecular weight excluding hydrogens is 392 g/mol. The number of benzene rings is 1. The summed E-state index contributed by atoms with van der Waals surface area (Å²) < 4.78 is 0. The molecule has 170 valence electrons. The van der Waals surface area contributed by atoms with Crippen molar-refractivity contribution in [3.63, 3.8) is 0 Å². The van der Waals surface area contributed by atoms with Crippen LogP contribution in [-0.2, 0) is 0 Å². The number of unbranched alkanes of at least 4 members (excludes halogenated alkanes) is 10. The Bertz CT molecular complexity index is 600. The molecular formula is C28H50Si2. The highest BCUT2D eigenvalue weighted by Gasteiger charge is 2.27. The first kappa shape index (κ1) is 27.4. The lowest BCUT2D eigenvalue weighted by Gasteiger charge is -2.28. The fraction of sp³-hybridized carbons (Fsp3) is 0.714. The van der Waals surface area contributed by atoms with Crippen LogP contribution < -0.4 is 5.19 Å². The van der Waals surface area contributed by atoms with E-state index in [0.29, 0.717) is 0 Å². The fourth-order valence-electron chi connectivity index (χ4n) is 4.38. The summed E-state index contributed by atoms with van der Waals surface area (Å²) in [4.78, 5) is 0. The molecule has 0 atom stereocenters. The lowest BCUT2D eigenvalue weighted by atomic mass is 10.1. The first-order valence-corrected chi connectivity index (χ1v) is 19.3. The molecule has 0 amide bonds. The third kappa shape index (κ3) is 10.1. The summed E-state index contributed by atoms with van der Waals surface area (Å²) in [5.74, 6) is 0. The first-order chi connectivity index (χ1) is 14.2. The van der Waals surface area contributed by atoms with Crippen LogP contribution in [0.3, 0.4) is 0 Å². The summed E-state index contributed by atoms with van der Waals surface area (Å²) in [6.07, 6.45) is 16.5. The van der Waals surface area contributed by atoms with Gasteiger partial charge in [-0.15, -0.1) is 0 Å². The largest absolute Gasteiger partial charge is 0.0814 e. The van der Waals surface area contributed by atoms with Gasteiger partial charge in [0.15, 0.2) is 0 Å². The Morgan fingerprint density at radius 1 is 0.767 bits per heavy atom. The van der Waals surface area contributed by atoms with Crippen LogP contribution in [0, 0.1) is 12.6 Å². The van der Waals surface area contributed by atoms with Crippen LogP contribution in [0.25, 0.3) is 5.20 Å². The molecule has 0 N–H and O–H groups in total. The highest BCUT2D eigenvalue weighted by atomic mass is 28.3. The molecule has 0 nitrogen and oxygen atoms in total. The van der Waals surface area contributed by atoms with Gasteiger partial charge in [0.1, 0.15) is 0 Å². The maximum absolute atomic E-state index is 6.80. The Balaban J connectivity index is 2.62. The van der Waals surface area contributed by atoms with Gasteiger partial charge in [0.2, 0.25) is 0 Å². The second kappa shape index (κ2) is 14.5. The van der Waals surface area contributed by atoms with Crippen LogP contribution in [-0.4, -0.2) is 16.1 Å². The van der Waals surface area contributed by atoms with Gasteiger partial charge < -0.3 is 0 Å². The zero-order chi connectivity index (χ0) is 22.5. The van der Waals surface area contributed by atoms with Crippen molar-refractivity contribution in [1.82, 2.24) is 0 Å². The van der Waals surface area contributed by atoms with Crippen molar-refractivity contribution < 1.29 is 0 Å². The Kier molecular flexibility index (Phi) is 13.2. The summed E-state index contributed by atoms with van der Waals surface area (Å²) in [6, 6.07) is 13.1. The van der Waals surface area contributed by atoms with E-state index < -0.39 is 16.1 Å². The molecule has 0 aliphatic heterocycles. The van der Waals surface area contributed by atoms with Crippen molar-refractivity contribution in [2.24, 2.45) is 0 Å². The van der Waals surface area contributed by atoms with Gasteiger partial charge in [-0.25, -0.2) is 0 Å². The standard InChI is InChI=1S/C28H50Si2/c1-8-10-12-14-16-18-23-29(4,5)26(3)27-21-20-22-28(25-27)30(6,7)24-19-17-15-13-11-9-2/h3,20-21,25H,8-19,23-24H2,1-2,4-7H3. The van der Waals surface area contributed by atoms with Crippen LogP contribution >= 0.6 is 0 Å². The molecule has 0 aromatic heterocycles. The van der Waals surface area contributed by atoms with E-state index in [2.05, 4.69) is 64.3 Å². The molecule has 0 unspecified atom stereocenters. The summed E-state index contributed by atoms with van der Waals surface area (Å²) in [7, 11) is -2.98. The van der Waals surface area contributed by atoms with E-state index in [1.807, 2.05) is 0 Å². The average molecular weight is 443 g/mol. The van der Waals surface area contributed by atoms with Crippen LogP contribution in [0.4, 0.5) is 0 Å². The highest BCUT2D eigenvalue weighted by Crippen LogP contribution is 2.29. The van der Waals surface area contributed by atoms with Gasteiger partial charge in [0.05, 0.1) is 16.1 Å². The maximum atomic E-state index is 6.80. The molecule has 2 radical (unpaired) electrons. The molecule has 0 aliphatic rings. The van der Waals surface area contributed by atoms with Crippen LogP contribution in [0.1, 0.15) is 96.5 Å². The molecule has 0 aliphatic carbocycles. The number of hydrogen-bond donors (Lipinski definition) is 0. The topological polar surface area (TPSA) is 0 Å². The second-order valence-corrected chi connectivity index (χ2v) is 20.3. The van der Waals surface area contributed by atoms with Gasteiger partial charge in [0, 0.05) is 0 Å². The lowest BCUT2D eigenvalue weighted by molar-refractivity contribution is 0.623. The third-order valence-corrected chi connectivity index (χ3v) is 13.6. The predicted octanol–water partition coefficient (Wildman–Crippen LogP) is 9.19. The fourth-order valence-corrected chi connectivity index (χ4v) is 9.14. The zero-order valence-electron chi connectivity index (χ0n) is 21.2. The summed E-state index contributed by atoms with van der Waals surface area (Å²) >= 11 is 0. The normalized spacial score (nSPS) is 12.3. The average Bonchev–Trinajstić information content (AvgIpc) is 2.72. The Morgan fingerprint density at radius 3 is 1.83 bits per heavy atom. The minimum absolute atomic E-state index is 1.20. The minimum atomic E-state index is -1.55. The van der Waals surface area contributed by atoms with Crippen LogP contribution in [0.2, 0.25) is 38.3 Å². The Hall–Kier alpha value is -0.606. The van der Waals surface area contributed by atoms with E-state index in [1.165, 1.54) is 105 Å². The van der Waals surface area contributed by atoms with E-state index in [1.54, 1.807) is 0 Å². The van der Waals surface area contributed by atoms with Crippen molar-refractivity contribution in [2.45, 2.75) is 129 Å². The summed E-state index contributed by atoms with van der Waals surface area (Å²) in [6.45, 7) is 21.3. The summed E-state index contributed by atoms with van der Waals surface area (Å²) in [5, 5.41) is 2.68. The molecule has 0 saturated heterocycles. The van der Waals surface area contributed by atoms with E-state index in [4.69, 9.17) is 6.58 Å². The van der Waals surface area contributed by atoms with Crippen molar-refractivity contribution in [3.05, 3.63) is 36.4 Å². The van der Waals surface area contributed by atoms with E-state index in [-0.39, 0.29) is 0 Å². The van der Waals surface area contributed by atoms with Gasteiger partial charge in [-0.3, -0.25) is 0 Å². The quantitative estimate of drug-likeness (QED) is 0.166. The zero-order valence-corrected chi connectivity index (χ0v) is 23.2. The molecule has 0 spiro atoms. The van der Waals surface area contributed by atoms with E-state index in [0.717, 1.165) is 0 Å². The lowest BCUT2D eigenvalue weighted by Crippen LogP contribution is -2.41. The number of rotatable bonds is 17. The Labute approximate surface area is 192 Å². The molecule has 1 rings (SSSR count). The van der Waals surface area contributed by atoms with Crippen molar-refractivity contribution in [2.75, 3.05) is 0 Å². The van der Waals surface area contributed by atoms with E-state index in [9.17, 15) is 0 Å². The van der Waals surface area contributed by atoms with Crippen molar-refractivity contribution >= 4 is 26.5 Å². The first-order valence-electron chi connectivity index (χ1n) is 12.9. The molecule has 0 saturated carbocycles. The Morgan fingerprint density at radius 2 is 1.27 bits per heavy atom. The van der Waals surface area contributed by atoms with Gasteiger partial charge in [-0.1, -0.05) is 164 Å². The van der Waals surface area contributed by atoms with Gasteiger partial charge in [-0.2, -0.15) is 0 Å². The van der Waals surface area contributed by atoms with E-state index >= 15 is 0 Å². The molecule has 0 bridgehead atoms. The smallest absolute Gasteiger partial charge is 0.0654 e. The van der Waals surface area contributed by atoms with Crippen LogP contribution in [0.5, 0.6) is 0 Å². The van der Waals surface area contributed by atoms with Gasteiger partial charge >= 0.3 is 0 Å². The monoisotopic (exact) mass is 442 g/mol. The summed E-state index contributed by atoms with van der Waals surface area (Å²) in [5.41, 5.74) is 1.30. The minimum Gasteiger partial charge on any atom is -0.0654 e. The second-order valence-electron chi connectivity index (χ2n) is 10.7. The molecule has 0 heterocycles. The third-order valence-electron chi connectivity index (χ3n) is 6.88. The number of hydrogen-bond acceptors (Lipinski definition) is 0. The predicted molar refractivity (Wildman–Crippen MR) is 144 cm³/mol. The molecule has 1 aromatic rings. The SMILES string of the molecule is [CH]=C(c1cc[c]c([Si](C)(C)CCCCCCCC)c1)[Si](C)(C)CCCCCCCC. The highest BCUT2D eigenvalue weighted by molar-refractivity contribution is 6.94. The molecule has 1 aromatic carbocycles.